The lowest BCUT2D eigenvalue weighted by atomic mass is 9.94. The smallest absolute Gasteiger partial charge is 0.408 e. The molecule has 1 aromatic rings. The first-order valence-electron chi connectivity index (χ1n) is 6.62. The number of rotatable bonds is 5. The van der Waals surface area contributed by atoms with Crippen LogP contribution in [0, 0.1) is 5.92 Å². The third-order valence-electron chi connectivity index (χ3n) is 2.75. The van der Waals surface area contributed by atoms with Crippen LogP contribution in [0.15, 0.2) is 30.3 Å². The molecule has 0 bridgehead atoms. The first-order chi connectivity index (χ1) is 9.74. The average molecular weight is 295 g/mol. The molecule has 0 saturated heterocycles. The van der Waals surface area contributed by atoms with Gasteiger partial charge in [-0.3, -0.25) is 4.79 Å². The number of alkyl carbamates (subject to hydrolysis) is 1. The summed E-state index contributed by atoms with van der Waals surface area (Å²) in [6, 6.07) is 7.75. The van der Waals surface area contributed by atoms with Crippen molar-refractivity contribution in [1.29, 1.82) is 0 Å². The molecule has 0 aromatic heterocycles. The van der Waals surface area contributed by atoms with E-state index in [9.17, 15) is 19.8 Å². The van der Waals surface area contributed by atoms with Gasteiger partial charge in [-0.05, 0) is 26.3 Å². The largest absolute Gasteiger partial charge is 0.481 e. The summed E-state index contributed by atoms with van der Waals surface area (Å²) in [5, 5.41) is 21.0. The van der Waals surface area contributed by atoms with E-state index in [1.54, 1.807) is 51.1 Å². The third kappa shape index (κ3) is 5.43. The van der Waals surface area contributed by atoms with Crippen molar-refractivity contribution < 1.29 is 24.5 Å². The standard InChI is InChI=1S/C15H21NO5/c1-15(2,3)21-14(20)16-12(11(9-17)13(18)19)10-7-5-4-6-8-10/h4-8,11-12,17H,9H2,1-3H3,(H,16,20)(H,18,19)/t11-,12+/m0/s1. The molecule has 1 amide bonds. The summed E-state index contributed by atoms with van der Waals surface area (Å²) in [6.45, 7) is 4.55. The van der Waals surface area contributed by atoms with Gasteiger partial charge in [0.2, 0.25) is 0 Å². The van der Waals surface area contributed by atoms with Crippen molar-refractivity contribution >= 4 is 12.1 Å². The quantitative estimate of drug-likeness (QED) is 0.771. The van der Waals surface area contributed by atoms with Gasteiger partial charge in [0.25, 0.3) is 0 Å². The monoisotopic (exact) mass is 295 g/mol. The number of carbonyl (C=O) groups is 2. The summed E-state index contributed by atoms with van der Waals surface area (Å²) in [6.07, 6.45) is -0.726. The van der Waals surface area contributed by atoms with Gasteiger partial charge < -0.3 is 20.3 Å². The number of amides is 1. The van der Waals surface area contributed by atoms with Crippen LogP contribution < -0.4 is 5.32 Å². The molecule has 6 nitrogen and oxygen atoms in total. The number of aliphatic carboxylic acids is 1. The number of aliphatic hydroxyl groups excluding tert-OH is 1. The van der Waals surface area contributed by atoms with E-state index < -0.39 is 36.2 Å². The first kappa shape index (κ1) is 17.0. The van der Waals surface area contributed by atoms with Gasteiger partial charge in [-0.15, -0.1) is 0 Å². The van der Waals surface area contributed by atoms with E-state index in [2.05, 4.69) is 5.32 Å². The Balaban J connectivity index is 2.98. The number of benzene rings is 1. The van der Waals surface area contributed by atoms with E-state index in [1.807, 2.05) is 0 Å². The molecule has 21 heavy (non-hydrogen) atoms. The molecule has 0 radical (unpaired) electrons. The fourth-order valence-corrected chi connectivity index (χ4v) is 1.84. The molecule has 0 spiro atoms. The van der Waals surface area contributed by atoms with Gasteiger partial charge in [0.1, 0.15) is 11.5 Å². The van der Waals surface area contributed by atoms with Crippen LogP contribution >= 0.6 is 0 Å². The summed E-state index contributed by atoms with van der Waals surface area (Å²) < 4.78 is 5.14. The molecule has 0 aliphatic heterocycles. The number of hydrogen-bond donors (Lipinski definition) is 3. The molecule has 1 aromatic carbocycles. The minimum atomic E-state index is -1.19. The molecule has 116 valence electrons. The van der Waals surface area contributed by atoms with Crippen molar-refractivity contribution in [3.63, 3.8) is 0 Å². The van der Waals surface area contributed by atoms with Gasteiger partial charge in [0, 0.05) is 0 Å². The van der Waals surface area contributed by atoms with Gasteiger partial charge in [-0.2, -0.15) is 0 Å². The minimum Gasteiger partial charge on any atom is -0.481 e. The second-order valence-corrected chi connectivity index (χ2v) is 5.66. The van der Waals surface area contributed by atoms with Gasteiger partial charge in [0.15, 0.2) is 0 Å². The minimum absolute atomic E-state index is 0.588. The highest BCUT2D eigenvalue weighted by Gasteiger charge is 2.31. The Hall–Kier alpha value is -2.08. The molecular weight excluding hydrogens is 274 g/mol. The van der Waals surface area contributed by atoms with E-state index in [1.165, 1.54) is 0 Å². The maximum atomic E-state index is 11.9. The van der Waals surface area contributed by atoms with Crippen LogP contribution in [0.3, 0.4) is 0 Å². The molecule has 1 rings (SSSR count). The lowest BCUT2D eigenvalue weighted by Gasteiger charge is -2.26. The predicted octanol–water partition coefficient (Wildman–Crippen LogP) is 1.95. The van der Waals surface area contributed by atoms with Crippen LogP contribution in [0.2, 0.25) is 0 Å². The molecule has 6 heteroatoms. The predicted molar refractivity (Wildman–Crippen MR) is 76.8 cm³/mol. The Labute approximate surface area is 123 Å². The Morgan fingerprint density at radius 1 is 1.24 bits per heavy atom. The van der Waals surface area contributed by atoms with E-state index in [0.29, 0.717) is 5.56 Å². The molecule has 0 aliphatic rings. The number of carboxylic acids is 1. The summed E-state index contributed by atoms with van der Waals surface area (Å²) in [7, 11) is 0. The zero-order valence-electron chi connectivity index (χ0n) is 12.4. The van der Waals surface area contributed by atoms with E-state index in [4.69, 9.17) is 4.74 Å². The number of ether oxygens (including phenoxy) is 1. The first-order valence-corrected chi connectivity index (χ1v) is 6.62. The average Bonchev–Trinajstić information content (AvgIpc) is 2.37. The highest BCUT2D eigenvalue weighted by Crippen LogP contribution is 2.23. The Bertz CT molecular complexity index is 481. The molecule has 0 heterocycles. The summed E-state index contributed by atoms with van der Waals surface area (Å²) in [4.78, 5) is 23.1. The summed E-state index contributed by atoms with van der Waals surface area (Å²) in [5.41, 5.74) is -0.103. The zero-order chi connectivity index (χ0) is 16.0. The van der Waals surface area contributed by atoms with Gasteiger partial charge in [-0.25, -0.2) is 4.79 Å². The fourth-order valence-electron chi connectivity index (χ4n) is 1.84. The normalized spacial score (nSPS) is 14.1. The van der Waals surface area contributed by atoms with Gasteiger partial charge >= 0.3 is 12.1 Å². The fraction of sp³-hybridized carbons (Fsp3) is 0.467. The van der Waals surface area contributed by atoms with Gasteiger partial charge in [0.05, 0.1) is 12.6 Å². The maximum Gasteiger partial charge on any atom is 0.408 e. The summed E-state index contributed by atoms with van der Waals surface area (Å²) in [5.74, 6) is -2.35. The molecule has 0 fully saturated rings. The van der Waals surface area contributed by atoms with Crippen LogP contribution in [0.4, 0.5) is 4.79 Å². The Kier molecular flexibility index (Phi) is 5.72. The lowest BCUT2D eigenvalue weighted by Crippen LogP contribution is -2.41. The van der Waals surface area contributed by atoms with Crippen molar-refractivity contribution in [3.05, 3.63) is 35.9 Å². The topological polar surface area (TPSA) is 95.9 Å². The van der Waals surface area contributed by atoms with E-state index >= 15 is 0 Å². The van der Waals surface area contributed by atoms with E-state index in [-0.39, 0.29) is 0 Å². The molecule has 0 saturated carbocycles. The Morgan fingerprint density at radius 2 is 1.81 bits per heavy atom. The number of nitrogens with one attached hydrogen (secondary N) is 1. The SMILES string of the molecule is CC(C)(C)OC(=O)N[C@H](c1ccccc1)[C@H](CO)C(=O)O. The van der Waals surface area contributed by atoms with E-state index in [0.717, 1.165) is 0 Å². The van der Waals surface area contributed by atoms with Crippen molar-refractivity contribution in [2.75, 3.05) is 6.61 Å². The van der Waals surface area contributed by atoms with Crippen LogP contribution in [0.5, 0.6) is 0 Å². The van der Waals surface area contributed by atoms with Gasteiger partial charge in [-0.1, -0.05) is 30.3 Å². The molecule has 0 aliphatic carbocycles. The number of carbonyl (C=O) groups excluding carboxylic acids is 1. The van der Waals surface area contributed by atoms with Crippen molar-refractivity contribution in [2.24, 2.45) is 5.92 Å². The number of carboxylic acid groups (broad SMARTS) is 1. The van der Waals surface area contributed by atoms with Crippen molar-refractivity contribution in [3.8, 4) is 0 Å². The molecule has 3 N–H and O–H groups in total. The highest BCUT2D eigenvalue weighted by atomic mass is 16.6. The Morgan fingerprint density at radius 3 is 2.24 bits per heavy atom. The lowest BCUT2D eigenvalue weighted by molar-refractivity contribution is -0.144. The zero-order valence-corrected chi connectivity index (χ0v) is 12.4. The molecule has 2 atom stereocenters. The summed E-state index contributed by atoms with van der Waals surface area (Å²) >= 11 is 0. The van der Waals surface area contributed by atoms with Crippen molar-refractivity contribution in [2.45, 2.75) is 32.4 Å². The van der Waals surface area contributed by atoms with Crippen molar-refractivity contribution in [1.82, 2.24) is 5.32 Å². The third-order valence-corrected chi connectivity index (χ3v) is 2.75. The molecular formula is C15H21NO5. The molecule has 0 unspecified atom stereocenters. The second-order valence-electron chi connectivity index (χ2n) is 5.66. The maximum absolute atomic E-state index is 11.9. The van der Waals surface area contributed by atoms with Crippen LogP contribution in [0.1, 0.15) is 32.4 Å². The van der Waals surface area contributed by atoms with Crippen LogP contribution in [-0.4, -0.2) is 34.5 Å². The number of hydrogen-bond acceptors (Lipinski definition) is 4. The number of aliphatic hydroxyl groups is 1. The second kappa shape index (κ2) is 7.08. The highest BCUT2D eigenvalue weighted by molar-refractivity contribution is 5.74. The van der Waals surface area contributed by atoms with Crippen LogP contribution in [-0.2, 0) is 9.53 Å². The van der Waals surface area contributed by atoms with Crippen LogP contribution in [0.25, 0.3) is 0 Å².